The van der Waals surface area contributed by atoms with Crippen LogP contribution in [0.2, 0.25) is 0 Å². The largest absolute Gasteiger partial charge is 0.271 e. The molecule has 1 unspecified atom stereocenters. The monoisotopic (exact) mass is 270 g/mol. The Bertz CT molecular complexity index is 666. The summed E-state index contributed by atoms with van der Waals surface area (Å²) in [5.41, 5.74) is 5.02. The Morgan fingerprint density at radius 2 is 2.16 bits per heavy atom. The van der Waals surface area contributed by atoms with Gasteiger partial charge in [0.15, 0.2) is 0 Å². The number of hydrogen-bond donors (Lipinski definition) is 2. The van der Waals surface area contributed by atoms with Crippen LogP contribution < -0.4 is 11.3 Å². The molecule has 2 heterocycles. The van der Waals surface area contributed by atoms with Gasteiger partial charge in [-0.1, -0.05) is 12.1 Å². The molecule has 4 nitrogen and oxygen atoms in total. The van der Waals surface area contributed by atoms with Gasteiger partial charge < -0.3 is 0 Å². The highest BCUT2D eigenvalue weighted by molar-refractivity contribution is 7.09. The molecule has 96 valence electrons. The lowest BCUT2D eigenvalue weighted by Crippen LogP contribution is -2.29. The molecular formula is C14H14N4S. The predicted octanol–water partition coefficient (Wildman–Crippen LogP) is 2.44. The first-order chi connectivity index (χ1) is 9.36. The Morgan fingerprint density at radius 3 is 2.95 bits per heavy atom. The van der Waals surface area contributed by atoms with Gasteiger partial charge in [-0.05, 0) is 23.8 Å². The molecule has 3 N–H and O–H groups in total. The van der Waals surface area contributed by atoms with Crippen LogP contribution in [0.5, 0.6) is 0 Å². The highest BCUT2D eigenvalue weighted by Crippen LogP contribution is 2.22. The van der Waals surface area contributed by atoms with E-state index in [-0.39, 0.29) is 6.04 Å². The molecule has 5 heteroatoms. The number of benzene rings is 1. The first-order valence-corrected chi connectivity index (χ1v) is 6.94. The van der Waals surface area contributed by atoms with Gasteiger partial charge in [0.1, 0.15) is 0 Å². The first kappa shape index (κ1) is 12.2. The summed E-state index contributed by atoms with van der Waals surface area (Å²) in [4.78, 5) is 8.62. The van der Waals surface area contributed by atoms with E-state index in [1.54, 1.807) is 17.5 Å². The van der Waals surface area contributed by atoms with Gasteiger partial charge in [0.2, 0.25) is 0 Å². The molecule has 0 radical (unpaired) electrons. The number of aromatic nitrogens is 2. The zero-order valence-corrected chi connectivity index (χ0v) is 11.1. The molecule has 1 atom stereocenters. The average Bonchev–Trinajstić information content (AvgIpc) is 2.97. The Labute approximate surface area is 115 Å². The molecule has 0 bridgehead atoms. The maximum atomic E-state index is 5.68. The van der Waals surface area contributed by atoms with E-state index in [9.17, 15) is 0 Å². The van der Waals surface area contributed by atoms with E-state index >= 15 is 0 Å². The lowest BCUT2D eigenvalue weighted by molar-refractivity contribution is 0.551. The molecule has 0 spiro atoms. The van der Waals surface area contributed by atoms with Crippen LogP contribution in [0.15, 0.2) is 48.1 Å². The van der Waals surface area contributed by atoms with Gasteiger partial charge in [-0.15, -0.1) is 11.3 Å². The van der Waals surface area contributed by atoms with Crippen molar-refractivity contribution in [3.63, 3.8) is 0 Å². The Kier molecular flexibility index (Phi) is 3.50. The minimum atomic E-state index is 0.0655. The molecule has 0 saturated carbocycles. The van der Waals surface area contributed by atoms with Crippen LogP contribution in [0.4, 0.5) is 0 Å². The summed E-state index contributed by atoms with van der Waals surface area (Å²) in [7, 11) is 0. The number of thiazole rings is 1. The van der Waals surface area contributed by atoms with E-state index in [4.69, 9.17) is 5.84 Å². The summed E-state index contributed by atoms with van der Waals surface area (Å²) in [5, 5.41) is 4.18. The molecule has 19 heavy (non-hydrogen) atoms. The van der Waals surface area contributed by atoms with Crippen LogP contribution in [-0.4, -0.2) is 9.97 Å². The molecule has 3 aromatic rings. The van der Waals surface area contributed by atoms with Crippen LogP contribution in [-0.2, 0) is 6.42 Å². The van der Waals surface area contributed by atoms with E-state index in [1.165, 1.54) is 0 Å². The number of rotatable bonds is 4. The number of pyridine rings is 1. The maximum Gasteiger partial charge on any atom is 0.0944 e. The van der Waals surface area contributed by atoms with Crippen molar-refractivity contribution >= 4 is 22.2 Å². The third-order valence-corrected chi connectivity index (χ3v) is 3.89. The second kappa shape index (κ2) is 5.44. The van der Waals surface area contributed by atoms with Crippen molar-refractivity contribution in [1.29, 1.82) is 0 Å². The third kappa shape index (κ3) is 2.63. The Hall–Kier alpha value is -1.82. The number of nitrogens with zero attached hydrogens (tertiary/aromatic N) is 2. The minimum absolute atomic E-state index is 0.0655. The molecule has 0 aliphatic carbocycles. The summed E-state index contributed by atoms with van der Waals surface area (Å²) >= 11 is 1.65. The zero-order chi connectivity index (χ0) is 13.1. The number of fused-ring (bicyclic) bond motifs is 1. The highest BCUT2D eigenvalue weighted by Gasteiger charge is 2.12. The van der Waals surface area contributed by atoms with E-state index < -0.39 is 0 Å². The van der Waals surface area contributed by atoms with E-state index in [1.807, 2.05) is 23.7 Å². The molecule has 0 saturated heterocycles. The maximum absolute atomic E-state index is 5.68. The Morgan fingerprint density at radius 1 is 1.21 bits per heavy atom. The fourth-order valence-electron chi connectivity index (χ4n) is 2.11. The number of hydrazine groups is 1. The SMILES string of the molecule is NNC(Cc1nccs1)c1ccc2ncccc2c1. The van der Waals surface area contributed by atoms with Crippen molar-refractivity contribution in [2.24, 2.45) is 5.84 Å². The van der Waals surface area contributed by atoms with Crippen molar-refractivity contribution in [1.82, 2.24) is 15.4 Å². The lowest BCUT2D eigenvalue weighted by Gasteiger charge is -2.15. The molecule has 0 aliphatic heterocycles. The standard InChI is InChI=1S/C14H14N4S/c15-18-13(9-14-17-6-7-19-14)11-3-4-12-10(8-11)2-1-5-16-12/h1-8,13,18H,9,15H2. The normalized spacial score (nSPS) is 12.7. The molecule has 0 aliphatic rings. The van der Waals surface area contributed by atoms with Crippen molar-refractivity contribution in [3.8, 4) is 0 Å². The van der Waals surface area contributed by atoms with Crippen molar-refractivity contribution in [2.45, 2.75) is 12.5 Å². The van der Waals surface area contributed by atoms with Gasteiger partial charge >= 0.3 is 0 Å². The lowest BCUT2D eigenvalue weighted by atomic mass is 10.0. The summed E-state index contributed by atoms with van der Waals surface area (Å²) in [6.07, 6.45) is 4.41. The number of nitrogens with one attached hydrogen (secondary N) is 1. The van der Waals surface area contributed by atoms with Gasteiger partial charge in [0, 0.05) is 29.6 Å². The number of nitrogens with two attached hydrogens (primary N) is 1. The highest BCUT2D eigenvalue weighted by atomic mass is 32.1. The van der Waals surface area contributed by atoms with Crippen LogP contribution >= 0.6 is 11.3 Å². The zero-order valence-electron chi connectivity index (χ0n) is 10.3. The van der Waals surface area contributed by atoms with Crippen molar-refractivity contribution in [2.75, 3.05) is 0 Å². The molecule has 0 fully saturated rings. The fraction of sp³-hybridized carbons (Fsp3) is 0.143. The van der Waals surface area contributed by atoms with Crippen LogP contribution in [0.3, 0.4) is 0 Å². The second-order valence-electron chi connectivity index (χ2n) is 4.30. The second-order valence-corrected chi connectivity index (χ2v) is 5.28. The molecule has 3 rings (SSSR count). The smallest absolute Gasteiger partial charge is 0.0944 e. The molecular weight excluding hydrogens is 256 g/mol. The van der Waals surface area contributed by atoms with E-state index in [0.717, 1.165) is 27.9 Å². The summed E-state index contributed by atoms with van der Waals surface area (Å²) in [6, 6.07) is 10.3. The fourth-order valence-corrected chi connectivity index (χ4v) is 2.78. The quantitative estimate of drug-likeness (QED) is 0.564. The molecule has 2 aromatic heterocycles. The van der Waals surface area contributed by atoms with Gasteiger partial charge in [-0.2, -0.15) is 0 Å². The van der Waals surface area contributed by atoms with Gasteiger partial charge in [-0.3, -0.25) is 16.3 Å². The number of hydrogen-bond acceptors (Lipinski definition) is 5. The van der Waals surface area contributed by atoms with Gasteiger partial charge in [-0.25, -0.2) is 4.98 Å². The van der Waals surface area contributed by atoms with E-state index in [0.29, 0.717) is 0 Å². The van der Waals surface area contributed by atoms with Crippen molar-refractivity contribution in [3.05, 3.63) is 58.7 Å². The van der Waals surface area contributed by atoms with E-state index in [2.05, 4.69) is 33.6 Å². The van der Waals surface area contributed by atoms with Crippen LogP contribution in [0.25, 0.3) is 10.9 Å². The predicted molar refractivity (Wildman–Crippen MR) is 77.6 cm³/mol. The summed E-state index contributed by atoms with van der Waals surface area (Å²) in [6.45, 7) is 0. The summed E-state index contributed by atoms with van der Waals surface area (Å²) < 4.78 is 0. The molecule has 1 aromatic carbocycles. The van der Waals surface area contributed by atoms with Crippen LogP contribution in [0.1, 0.15) is 16.6 Å². The third-order valence-electron chi connectivity index (χ3n) is 3.09. The van der Waals surface area contributed by atoms with Gasteiger partial charge in [0.25, 0.3) is 0 Å². The minimum Gasteiger partial charge on any atom is -0.271 e. The Balaban J connectivity index is 1.92. The van der Waals surface area contributed by atoms with Crippen LogP contribution in [0, 0.1) is 0 Å². The summed E-state index contributed by atoms with van der Waals surface area (Å²) in [5.74, 6) is 5.68. The van der Waals surface area contributed by atoms with Gasteiger partial charge in [0.05, 0.1) is 16.6 Å². The first-order valence-electron chi connectivity index (χ1n) is 6.06. The average molecular weight is 270 g/mol. The topological polar surface area (TPSA) is 63.8 Å². The van der Waals surface area contributed by atoms with Crippen molar-refractivity contribution < 1.29 is 0 Å². The molecule has 0 amide bonds.